The number of anilines is 1. The van der Waals surface area contributed by atoms with Gasteiger partial charge in [0.05, 0.1) is 7.11 Å². The van der Waals surface area contributed by atoms with E-state index >= 15 is 0 Å². The molecule has 0 aromatic heterocycles. The van der Waals surface area contributed by atoms with Crippen molar-refractivity contribution in [3.63, 3.8) is 0 Å². The molecule has 1 aliphatic heterocycles. The van der Waals surface area contributed by atoms with Gasteiger partial charge >= 0.3 is 0 Å². The number of carbonyl (C=O) groups is 2. The number of rotatable bonds is 8. The number of benzene rings is 3. The lowest BCUT2D eigenvalue weighted by Gasteiger charge is -2.26. The van der Waals surface area contributed by atoms with Gasteiger partial charge in [0, 0.05) is 37.0 Å². The largest absolute Gasteiger partial charge is 0.497 e. The van der Waals surface area contributed by atoms with E-state index < -0.39 is 6.04 Å². The number of likely N-dealkylation sites (tertiary alicyclic amines) is 1. The number of methoxy groups -OCH3 is 1. The highest BCUT2D eigenvalue weighted by Crippen LogP contribution is 2.21. The Balaban J connectivity index is 1.43. The number of piperidine rings is 1. The molecule has 0 radical (unpaired) electrons. The summed E-state index contributed by atoms with van der Waals surface area (Å²) in [7, 11) is 1.60. The van der Waals surface area contributed by atoms with Crippen molar-refractivity contribution >= 4 is 17.5 Å². The molecule has 0 saturated carbocycles. The van der Waals surface area contributed by atoms with E-state index in [9.17, 15) is 9.59 Å². The van der Waals surface area contributed by atoms with Crippen LogP contribution in [0.25, 0.3) is 0 Å². The molecule has 1 heterocycles. The topological polar surface area (TPSA) is 70.7 Å². The maximum Gasteiger partial charge on any atom is 0.253 e. The Kier molecular flexibility index (Phi) is 7.94. The molecule has 0 unspecified atom stereocenters. The SMILES string of the molecule is COc1cccc(NC(=O)[C@@H](NCc2ccc(C(=O)N3CCCCC3)cc2)c2ccccc2)c1. The summed E-state index contributed by atoms with van der Waals surface area (Å²) in [6.07, 6.45) is 3.35. The quantitative estimate of drug-likeness (QED) is 0.510. The average molecular weight is 458 g/mol. The smallest absolute Gasteiger partial charge is 0.253 e. The van der Waals surface area contributed by atoms with E-state index in [1.165, 1.54) is 6.42 Å². The van der Waals surface area contributed by atoms with Crippen molar-refractivity contribution in [3.8, 4) is 5.75 Å². The van der Waals surface area contributed by atoms with E-state index in [2.05, 4.69) is 10.6 Å². The summed E-state index contributed by atoms with van der Waals surface area (Å²) in [6.45, 7) is 2.16. The minimum Gasteiger partial charge on any atom is -0.497 e. The van der Waals surface area contributed by atoms with Crippen molar-refractivity contribution in [2.45, 2.75) is 31.8 Å². The van der Waals surface area contributed by atoms with Crippen LogP contribution in [-0.4, -0.2) is 36.9 Å². The molecule has 34 heavy (non-hydrogen) atoms. The van der Waals surface area contributed by atoms with Gasteiger partial charge < -0.3 is 15.0 Å². The van der Waals surface area contributed by atoms with Gasteiger partial charge in [-0.05, 0) is 54.7 Å². The zero-order chi connectivity index (χ0) is 23.8. The van der Waals surface area contributed by atoms with E-state index in [-0.39, 0.29) is 11.8 Å². The van der Waals surface area contributed by atoms with Crippen LogP contribution in [0.2, 0.25) is 0 Å². The first-order valence-corrected chi connectivity index (χ1v) is 11.8. The van der Waals surface area contributed by atoms with Crippen LogP contribution in [-0.2, 0) is 11.3 Å². The second-order valence-corrected chi connectivity index (χ2v) is 8.50. The summed E-state index contributed by atoms with van der Waals surface area (Å²) < 4.78 is 5.26. The van der Waals surface area contributed by atoms with Gasteiger partial charge in [-0.15, -0.1) is 0 Å². The summed E-state index contributed by atoms with van der Waals surface area (Å²) in [6, 6.07) is 24.1. The number of nitrogens with zero attached hydrogens (tertiary/aromatic N) is 1. The molecule has 6 heteroatoms. The predicted molar refractivity (Wildman–Crippen MR) is 134 cm³/mol. The third kappa shape index (κ3) is 6.02. The van der Waals surface area contributed by atoms with Crippen molar-refractivity contribution < 1.29 is 14.3 Å². The molecule has 6 nitrogen and oxygen atoms in total. The lowest BCUT2D eigenvalue weighted by molar-refractivity contribution is -0.118. The fourth-order valence-corrected chi connectivity index (χ4v) is 4.19. The second-order valence-electron chi connectivity index (χ2n) is 8.50. The molecule has 2 N–H and O–H groups in total. The van der Waals surface area contributed by atoms with Gasteiger partial charge in [-0.1, -0.05) is 48.5 Å². The standard InChI is InChI=1S/C28H31N3O3/c1-34-25-12-8-11-24(19-25)30-27(32)26(22-9-4-2-5-10-22)29-20-21-13-15-23(16-14-21)28(33)31-17-6-3-7-18-31/h2,4-5,8-16,19,26,29H,3,6-7,17-18,20H2,1H3,(H,30,32)/t26-/m0/s1. The molecule has 0 bridgehead atoms. The molecule has 0 spiro atoms. The van der Waals surface area contributed by atoms with Crippen LogP contribution >= 0.6 is 0 Å². The Bertz CT molecular complexity index is 1090. The van der Waals surface area contributed by atoms with Gasteiger partial charge in [-0.25, -0.2) is 0 Å². The first-order chi connectivity index (χ1) is 16.6. The maximum absolute atomic E-state index is 13.2. The molecule has 0 aliphatic carbocycles. The van der Waals surface area contributed by atoms with E-state index in [0.29, 0.717) is 23.5 Å². The minimum atomic E-state index is -0.540. The Hall–Kier alpha value is -3.64. The number of amides is 2. The summed E-state index contributed by atoms with van der Waals surface area (Å²) in [4.78, 5) is 27.8. The summed E-state index contributed by atoms with van der Waals surface area (Å²) in [5.41, 5.74) is 3.26. The number of nitrogens with one attached hydrogen (secondary N) is 2. The summed E-state index contributed by atoms with van der Waals surface area (Å²) >= 11 is 0. The van der Waals surface area contributed by atoms with Gasteiger partial charge in [0.15, 0.2) is 0 Å². The zero-order valence-electron chi connectivity index (χ0n) is 19.5. The van der Waals surface area contributed by atoms with Gasteiger partial charge in [-0.2, -0.15) is 0 Å². The third-order valence-electron chi connectivity index (χ3n) is 6.09. The minimum absolute atomic E-state index is 0.0963. The highest BCUT2D eigenvalue weighted by molar-refractivity contribution is 5.96. The average Bonchev–Trinajstić information content (AvgIpc) is 2.90. The lowest BCUT2D eigenvalue weighted by atomic mass is 10.0. The van der Waals surface area contributed by atoms with E-state index in [4.69, 9.17) is 4.74 Å². The first kappa shape index (κ1) is 23.5. The Labute approximate surface area is 200 Å². The van der Waals surface area contributed by atoms with Crippen LogP contribution in [0.15, 0.2) is 78.9 Å². The molecule has 4 rings (SSSR count). The molecule has 1 saturated heterocycles. The van der Waals surface area contributed by atoms with Crippen LogP contribution in [0.1, 0.15) is 46.8 Å². The molecular weight excluding hydrogens is 426 g/mol. The lowest BCUT2D eigenvalue weighted by Crippen LogP contribution is -2.35. The molecule has 1 fully saturated rings. The van der Waals surface area contributed by atoms with Gasteiger partial charge in [0.25, 0.3) is 5.91 Å². The maximum atomic E-state index is 13.2. The zero-order valence-corrected chi connectivity index (χ0v) is 19.5. The van der Waals surface area contributed by atoms with Crippen molar-refractivity contribution in [2.75, 3.05) is 25.5 Å². The Morgan fingerprint density at radius 3 is 2.35 bits per heavy atom. The summed E-state index contributed by atoms with van der Waals surface area (Å²) in [5.74, 6) is 0.622. The van der Waals surface area contributed by atoms with E-state index in [0.717, 1.165) is 37.1 Å². The van der Waals surface area contributed by atoms with Gasteiger partial charge in [-0.3, -0.25) is 14.9 Å². The number of carbonyl (C=O) groups excluding carboxylic acids is 2. The van der Waals surface area contributed by atoms with Crippen LogP contribution in [0, 0.1) is 0 Å². The van der Waals surface area contributed by atoms with Crippen molar-refractivity contribution in [2.24, 2.45) is 0 Å². The summed E-state index contributed by atoms with van der Waals surface area (Å²) in [5, 5.41) is 6.35. The second kappa shape index (κ2) is 11.5. The van der Waals surface area contributed by atoms with Crippen LogP contribution < -0.4 is 15.4 Å². The van der Waals surface area contributed by atoms with Crippen LogP contribution in [0.4, 0.5) is 5.69 Å². The highest BCUT2D eigenvalue weighted by Gasteiger charge is 2.21. The number of hydrogen-bond acceptors (Lipinski definition) is 4. The van der Waals surface area contributed by atoms with Gasteiger partial charge in [0.1, 0.15) is 11.8 Å². The molecule has 1 atom stereocenters. The first-order valence-electron chi connectivity index (χ1n) is 11.8. The number of ether oxygens (including phenoxy) is 1. The van der Waals surface area contributed by atoms with Crippen LogP contribution in [0.5, 0.6) is 5.75 Å². The van der Waals surface area contributed by atoms with Crippen molar-refractivity contribution in [1.29, 1.82) is 0 Å². The molecule has 2 amide bonds. The van der Waals surface area contributed by atoms with E-state index in [1.54, 1.807) is 13.2 Å². The number of hydrogen-bond donors (Lipinski definition) is 2. The highest BCUT2D eigenvalue weighted by atomic mass is 16.5. The molecule has 3 aromatic carbocycles. The third-order valence-corrected chi connectivity index (χ3v) is 6.09. The normalized spacial score (nSPS) is 14.3. The van der Waals surface area contributed by atoms with Gasteiger partial charge in [0.2, 0.25) is 5.91 Å². The fourth-order valence-electron chi connectivity index (χ4n) is 4.19. The Morgan fingerprint density at radius 2 is 1.65 bits per heavy atom. The molecule has 1 aliphatic rings. The Morgan fingerprint density at radius 1 is 0.912 bits per heavy atom. The molecule has 3 aromatic rings. The predicted octanol–water partition coefficient (Wildman–Crippen LogP) is 4.79. The van der Waals surface area contributed by atoms with Crippen molar-refractivity contribution in [3.05, 3.63) is 95.6 Å². The molecule has 176 valence electrons. The monoisotopic (exact) mass is 457 g/mol. The molecular formula is C28H31N3O3. The van der Waals surface area contributed by atoms with Crippen molar-refractivity contribution in [1.82, 2.24) is 10.2 Å². The van der Waals surface area contributed by atoms with Crippen LogP contribution in [0.3, 0.4) is 0 Å². The van der Waals surface area contributed by atoms with E-state index in [1.807, 2.05) is 77.7 Å². The fraction of sp³-hybridized carbons (Fsp3) is 0.286.